The molecule has 0 radical (unpaired) electrons. The fraction of sp³-hybridized carbons (Fsp3) is 0.400. The predicted octanol–water partition coefficient (Wildman–Crippen LogP) is 4.89. The second-order valence-corrected chi connectivity index (χ2v) is 17.9. The van der Waals surface area contributed by atoms with Crippen LogP contribution in [0.25, 0.3) is 0 Å². The van der Waals surface area contributed by atoms with Crippen LogP contribution in [0, 0.1) is 5.92 Å². The van der Waals surface area contributed by atoms with Crippen LogP contribution in [0.4, 0.5) is 17.1 Å². The highest BCUT2D eigenvalue weighted by Gasteiger charge is 2.66. The van der Waals surface area contributed by atoms with Gasteiger partial charge in [0.25, 0.3) is 11.8 Å². The maximum absolute atomic E-state index is 14.7. The zero-order chi connectivity index (χ0) is 33.7. The summed E-state index contributed by atoms with van der Waals surface area (Å²) in [6, 6.07) is 19.0. The van der Waals surface area contributed by atoms with Gasteiger partial charge in [-0.3, -0.25) is 14.4 Å². The van der Waals surface area contributed by atoms with Crippen LogP contribution in [0.15, 0.2) is 66.7 Å². The summed E-state index contributed by atoms with van der Waals surface area (Å²) in [5.41, 5.74) is 7.67. The molecule has 1 spiro atoms. The lowest BCUT2D eigenvalue weighted by Crippen LogP contribution is -2.46. The number of hydrogen-bond acceptors (Lipinski definition) is 7. The normalized spacial score (nSPS) is 25.4. The van der Waals surface area contributed by atoms with E-state index in [1.807, 2.05) is 38.2 Å². The first-order valence-electron chi connectivity index (χ1n) is 16.0. The number of aliphatic hydroxyl groups is 1. The zero-order valence-corrected chi connectivity index (χ0v) is 28.5. The van der Waals surface area contributed by atoms with Crippen molar-refractivity contribution < 1.29 is 29.0 Å². The number of halogens is 1. The number of hydrogen-bond donors (Lipinski definition) is 4. The number of carbonyl (C=O) groups is 3. The molecule has 248 valence electrons. The number of nitrogen functional groups attached to an aromatic ring is 1. The first-order chi connectivity index (χ1) is 22.3. The minimum atomic E-state index is -2.97. The molecule has 0 saturated carbocycles. The van der Waals surface area contributed by atoms with Gasteiger partial charge in [-0.25, -0.2) is 0 Å². The van der Waals surface area contributed by atoms with Crippen LogP contribution in [0.5, 0.6) is 0 Å². The lowest BCUT2D eigenvalue weighted by molar-refractivity contribution is -0.150. The van der Waals surface area contributed by atoms with Gasteiger partial charge < -0.3 is 35.5 Å². The van der Waals surface area contributed by atoms with E-state index >= 15 is 0 Å². The summed E-state index contributed by atoms with van der Waals surface area (Å²) in [7, 11) is -2.97. The Hall–Kier alpha value is -3.74. The molecule has 0 aromatic heterocycles. The summed E-state index contributed by atoms with van der Waals surface area (Å²) >= 11 is 6.51. The van der Waals surface area contributed by atoms with Crippen molar-refractivity contribution in [2.45, 2.75) is 69.1 Å². The summed E-state index contributed by atoms with van der Waals surface area (Å²) in [4.78, 5) is 55.8. The average Bonchev–Trinajstić information content (AvgIpc) is 3.69. The number of ether oxygens (including phenoxy) is 1. The third-order valence-corrected chi connectivity index (χ3v) is 12.7. The van der Waals surface area contributed by atoms with Crippen molar-refractivity contribution in [2.75, 3.05) is 29.1 Å². The van der Waals surface area contributed by atoms with Crippen molar-refractivity contribution in [2.24, 2.45) is 5.92 Å². The molecule has 2 fully saturated rings. The molecular formula is C35H41ClN4O6Si. The van der Waals surface area contributed by atoms with Crippen LogP contribution in [0.1, 0.15) is 47.7 Å². The van der Waals surface area contributed by atoms with Gasteiger partial charge in [0, 0.05) is 45.5 Å². The van der Waals surface area contributed by atoms with Crippen LogP contribution in [0.3, 0.4) is 0 Å². The molecule has 3 aromatic rings. The lowest BCUT2D eigenvalue weighted by Gasteiger charge is -2.32. The van der Waals surface area contributed by atoms with E-state index in [1.54, 1.807) is 58.3 Å². The maximum Gasteiger partial charge on any atom is 0.264 e. The van der Waals surface area contributed by atoms with Gasteiger partial charge in [0.1, 0.15) is 0 Å². The third kappa shape index (κ3) is 6.07. The minimum absolute atomic E-state index is 0.0109. The van der Waals surface area contributed by atoms with Crippen LogP contribution >= 0.6 is 11.6 Å². The van der Waals surface area contributed by atoms with Crippen LogP contribution in [0.2, 0.25) is 23.7 Å². The van der Waals surface area contributed by atoms with E-state index in [2.05, 4.69) is 5.32 Å². The number of carbonyl (C=O) groups excluding carboxylic acids is 3. The molecule has 3 amide bonds. The summed E-state index contributed by atoms with van der Waals surface area (Å²) in [6.45, 7) is 6.27. The van der Waals surface area contributed by atoms with Gasteiger partial charge in [0.2, 0.25) is 5.91 Å². The van der Waals surface area contributed by atoms with Gasteiger partial charge in [0.15, 0.2) is 13.9 Å². The monoisotopic (exact) mass is 676 g/mol. The Morgan fingerprint density at radius 2 is 1.81 bits per heavy atom. The number of likely N-dealkylation sites (tertiary alicyclic amines) is 1. The van der Waals surface area contributed by atoms with Crippen molar-refractivity contribution >= 4 is 54.7 Å². The van der Waals surface area contributed by atoms with E-state index in [4.69, 9.17) is 22.1 Å². The first-order valence-corrected chi connectivity index (χ1v) is 19.4. The first kappa shape index (κ1) is 33.2. The number of rotatable bonds is 8. The molecule has 2 saturated heterocycles. The molecular weight excluding hydrogens is 636 g/mol. The SMILES string of the molecule is C[C@@H]1[C@@H]([Si](C)(C)O)[C@H](CC(=O)N2CCC[C@H]2CO)O[C@@]12C(=O)N(Cc1ccc(NC(=O)c3ccc(N)cc3)cc1)c1ccc(Cl)cc12. The number of nitrogens with one attached hydrogen (secondary N) is 1. The number of fused-ring (bicyclic) bond motifs is 2. The van der Waals surface area contributed by atoms with Gasteiger partial charge in [-0.1, -0.05) is 30.7 Å². The molecule has 3 aliphatic rings. The van der Waals surface area contributed by atoms with Crippen LogP contribution in [-0.2, 0) is 26.5 Å². The van der Waals surface area contributed by atoms with E-state index in [9.17, 15) is 24.3 Å². The standard InChI is InChI=1S/C35H41ClN4O6Si/c1-21-32(47(2,3)45)30(18-31(42)39-16-4-5-27(39)20-41)46-35(21)28-17-24(36)10-15-29(28)40(34(35)44)19-22-6-13-26(14-7-22)38-33(43)23-8-11-25(37)12-9-23/h6-15,17,21,27,30,32,41,45H,4-5,16,18-20,37H2,1-3H3,(H,38,43)/t21-,27+,30+,32-,35+/m1/s1. The van der Waals surface area contributed by atoms with Crippen LogP contribution in [-0.4, -0.2) is 66.1 Å². The topological polar surface area (TPSA) is 145 Å². The largest absolute Gasteiger partial charge is 0.432 e. The van der Waals surface area contributed by atoms with E-state index < -0.39 is 31.5 Å². The second-order valence-electron chi connectivity index (χ2n) is 13.5. The summed E-state index contributed by atoms with van der Waals surface area (Å²) in [5.74, 6) is -1.12. The fourth-order valence-electron chi connectivity index (χ4n) is 7.76. The highest BCUT2D eigenvalue weighted by Crippen LogP contribution is 2.60. The van der Waals surface area contributed by atoms with E-state index in [0.717, 1.165) is 18.4 Å². The van der Waals surface area contributed by atoms with Gasteiger partial charge >= 0.3 is 0 Å². The Labute approximate surface area is 280 Å². The molecule has 12 heteroatoms. The van der Waals surface area contributed by atoms with Crippen molar-refractivity contribution in [1.82, 2.24) is 4.90 Å². The second kappa shape index (κ2) is 12.7. The molecule has 0 bridgehead atoms. The van der Waals surface area contributed by atoms with Gasteiger partial charge in [0.05, 0.1) is 37.4 Å². The zero-order valence-electron chi connectivity index (χ0n) is 26.8. The molecule has 5 N–H and O–H groups in total. The summed E-state index contributed by atoms with van der Waals surface area (Å²) in [6.07, 6.45) is 0.884. The minimum Gasteiger partial charge on any atom is -0.432 e. The highest BCUT2D eigenvalue weighted by atomic mass is 35.5. The van der Waals surface area contributed by atoms with Gasteiger partial charge in [-0.15, -0.1) is 0 Å². The fourth-order valence-corrected chi connectivity index (χ4v) is 10.5. The molecule has 0 aliphatic carbocycles. The Morgan fingerprint density at radius 3 is 2.47 bits per heavy atom. The van der Waals surface area contributed by atoms with E-state index in [-0.39, 0.29) is 43.3 Å². The average molecular weight is 677 g/mol. The molecule has 47 heavy (non-hydrogen) atoms. The van der Waals surface area contributed by atoms with E-state index in [1.165, 1.54) is 0 Å². The number of amides is 3. The number of aliphatic hydroxyl groups excluding tert-OH is 1. The summed E-state index contributed by atoms with van der Waals surface area (Å²) < 4.78 is 6.79. The van der Waals surface area contributed by atoms with Crippen molar-refractivity contribution in [3.8, 4) is 0 Å². The molecule has 3 aromatic carbocycles. The van der Waals surface area contributed by atoms with Gasteiger partial charge in [-0.05, 0) is 86.1 Å². The Kier molecular flexibility index (Phi) is 8.96. The van der Waals surface area contributed by atoms with Gasteiger partial charge in [-0.2, -0.15) is 0 Å². The Morgan fingerprint density at radius 1 is 1.11 bits per heavy atom. The number of benzene rings is 3. The molecule has 3 heterocycles. The Balaban J connectivity index is 1.27. The predicted molar refractivity (Wildman–Crippen MR) is 183 cm³/mol. The maximum atomic E-state index is 14.7. The molecule has 6 rings (SSSR count). The number of anilines is 3. The molecule has 3 aliphatic heterocycles. The number of nitrogens with two attached hydrogens (primary N) is 1. The number of nitrogens with zero attached hydrogens (tertiary/aromatic N) is 2. The van der Waals surface area contributed by atoms with Crippen molar-refractivity contribution in [3.05, 3.63) is 88.4 Å². The molecule has 0 unspecified atom stereocenters. The lowest BCUT2D eigenvalue weighted by atomic mass is 9.82. The van der Waals surface area contributed by atoms with E-state index in [0.29, 0.717) is 39.8 Å². The summed E-state index contributed by atoms with van der Waals surface area (Å²) in [5, 5.41) is 13.2. The quantitative estimate of drug-likeness (QED) is 0.196. The Bertz CT molecular complexity index is 1680. The molecule has 5 atom stereocenters. The van der Waals surface area contributed by atoms with Crippen molar-refractivity contribution in [1.29, 1.82) is 0 Å². The van der Waals surface area contributed by atoms with Crippen molar-refractivity contribution in [3.63, 3.8) is 0 Å². The molecule has 10 nitrogen and oxygen atoms in total. The smallest absolute Gasteiger partial charge is 0.264 e. The third-order valence-electron chi connectivity index (χ3n) is 9.96. The highest BCUT2D eigenvalue weighted by molar-refractivity contribution is 6.71. The van der Waals surface area contributed by atoms with Crippen LogP contribution < -0.4 is 16.0 Å².